The predicted molar refractivity (Wildman–Crippen MR) is 69.0 cm³/mol. The van der Waals surface area contributed by atoms with Gasteiger partial charge in [-0.2, -0.15) is 0 Å². The number of likely N-dealkylation sites (N-methyl/N-ethyl adjacent to an activating group) is 1. The molecule has 2 rings (SSSR count). The molecule has 1 aromatic heterocycles. The van der Waals surface area contributed by atoms with Gasteiger partial charge in [-0.25, -0.2) is 4.39 Å². The van der Waals surface area contributed by atoms with Crippen molar-refractivity contribution < 1.29 is 4.39 Å². The van der Waals surface area contributed by atoms with Gasteiger partial charge in [0.05, 0.1) is 6.04 Å². The van der Waals surface area contributed by atoms with Crippen molar-refractivity contribution in [2.45, 2.75) is 18.1 Å². The van der Waals surface area contributed by atoms with E-state index >= 15 is 0 Å². The molecule has 0 aliphatic heterocycles. The molecule has 0 amide bonds. The van der Waals surface area contributed by atoms with Crippen LogP contribution in [0.25, 0.3) is 10.1 Å². The van der Waals surface area contributed by atoms with Crippen LogP contribution in [0, 0.1) is 0 Å². The van der Waals surface area contributed by atoms with Gasteiger partial charge in [0.1, 0.15) is 0 Å². The maximum atomic E-state index is 14.4. The van der Waals surface area contributed by atoms with E-state index in [1.807, 2.05) is 23.6 Å². The van der Waals surface area contributed by atoms with Crippen molar-refractivity contribution in [2.75, 3.05) is 7.05 Å². The van der Waals surface area contributed by atoms with Crippen LogP contribution < -0.4 is 5.32 Å². The number of fused-ring (bicyclic) bond motifs is 1. The average Bonchev–Trinajstić information content (AvgIpc) is 2.74. The molecule has 0 saturated carbocycles. The SMILES string of the molecule is CNC(C)C(F)(Cl)c1ccc2sccc2c1. The lowest BCUT2D eigenvalue weighted by atomic mass is 10.0. The Morgan fingerprint density at radius 3 is 2.88 bits per heavy atom. The summed E-state index contributed by atoms with van der Waals surface area (Å²) in [5.41, 5.74) is 0.502. The topological polar surface area (TPSA) is 12.0 Å². The summed E-state index contributed by atoms with van der Waals surface area (Å²) in [6.07, 6.45) is 0. The van der Waals surface area contributed by atoms with E-state index in [1.54, 1.807) is 31.4 Å². The zero-order valence-corrected chi connectivity index (χ0v) is 10.7. The van der Waals surface area contributed by atoms with E-state index in [9.17, 15) is 4.39 Å². The van der Waals surface area contributed by atoms with Crippen LogP contribution in [0.1, 0.15) is 12.5 Å². The molecule has 0 aliphatic carbocycles. The van der Waals surface area contributed by atoms with Crippen molar-refractivity contribution in [3.8, 4) is 0 Å². The second kappa shape index (κ2) is 4.32. The van der Waals surface area contributed by atoms with Gasteiger partial charge in [0.25, 0.3) is 0 Å². The van der Waals surface area contributed by atoms with Gasteiger partial charge in [-0.3, -0.25) is 0 Å². The molecule has 1 N–H and O–H groups in total. The molecule has 2 unspecified atom stereocenters. The van der Waals surface area contributed by atoms with Gasteiger partial charge in [-0.05, 0) is 42.9 Å². The third-order valence-corrected chi connectivity index (χ3v) is 4.26. The molecular formula is C12H13ClFNS. The zero-order chi connectivity index (χ0) is 11.8. The van der Waals surface area contributed by atoms with Crippen molar-refractivity contribution in [3.63, 3.8) is 0 Å². The molecule has 0 spiro atoms. The monoisotopic (exact) mass is 257 g/mol. The Morgan fingerprint density at radius 1 is 1.44 bits per heavy atom. The summed E-state index contributed by atoms with van der Waals surface area (Å²) in [5.74, 6) is 0. The molecule has 1 nitrogen and oxygen atoms in total. The molecule has 1 heterocycles. The van der Waals surface area contributed by atoms with Crippen LogP contribution in [0.15, 0.2) is 29.6 Å². The van der Waals surface area contributed by atoms with Gasteiger partial charge in [0.15, 0.2) is 0 Å². The third kappa shape index (κ3) is 1.95. The smallest absolute Gasteiger partial charge is 0.223 e. The van der Waals surface area contributed by atoms with Crippen LogP contribution in [0.5, 0.6) is 0 Å². The van der Waals surface area contributed by atoms with Crippen molar-refractivity contribution in [2.24, 2.45) is 0 Å². The largest absolute Gasteiger partial charge is 0.313 e. The van der Waals surface area contributed by atoms with Gasteiger partial charge in [0, 0.05) is 10.3 Å². The molecule has 16 heavy (non-hydrogen) atoms. The molecule has 86 valence electrons. The molecule has 2 atom stereocenters. The Morgan fingerprint density at radius 2 is 2.19 bits per heavy atom. The van der Waals surface area contributed by atoms with E-state index in [0.717, 1.165) is 10.1 Å². The number of hydrogen-bond acceptors (Lipinski definition) is 2. The number of benzene rings is 1. The normalized spacial score (nSPS) is 17.2. The maximum absolute atomic E-state index is 14.4. The number of rotatable bonds is 3. The van der Waals surface area contributed by atoms with Crippen molar-refractivity contribution in [3.05, 3.63) is 35.2 Å². The fourth-order valence-corrected chi connectivity index (χ4v) is 2.60. The minimum Gasteiger partial charge on any atom is -0.313 e. The number of hydrogen-bond donors (Lipinski definition) is 1. The van der Waals surface area contributed by atoms with E-state index in [2.05, 4.69) is 5.32 Å². The predicted octanol–water partition coefficient (Wildman–Crippen LogP) is 3.87. The van der Waals surface area contributed by atoms with Crippen LogP contribution >= 0.6 is 22.9 Å². The van der Waals surface area contributed by atoms with Gasteiger partial charge in [-0.15, -0.1) is 11.3 Å². The van der Waals surface area contributed by atoms with Crippen LogP contribution in [0.3, 0.4) is 0 Å². The van der Waals surface area contributed by atoms with Crippen LogP contribution in [0.4, 0.5) is 4.39 Å². The Balaban J connectivity index is 2.45. The second-order valence-electron chi connectivity index (χ2n) is 3.81. The van der Waals surface area contributed by atoms with E-state index in [-0.39, 0.29) is 0 Å². The number of alkyl halides is 2. The van der Waals surface area contributed by atoms with Crippen LogP contribution in [-0.4, -0.2) is 13.1 Å². The first kappa shape index (κ1) is 11.8. The second-order valence-corrected chi connectivity index (χ2v) is 5.30. The summed E-state index contributed by atoms with van der Waals surface area (Å²) in [7, 11) is 1.70. The highest BCUT2D eigenvalue weighted by Gasteiger charge is 2.35. The van der Waals surface area contributed by atoms with Gasteiger partial charge < -0.3 is 5.32 Å². The molecule has 2 aromatic rings. The summed E-state index contributed by atoms with van der Waals surface area (Å²) in [6.45, 7) is 1.73. The molecule has 0 saturated heterocycles. The molecule has 0 fully saturated rings. The summed E-state index contributed by atoms with van der Waals surface area (Å²) >= 11 is 7.59. The Kier molecular flexibility index (Phi) is 3.19. The number of halogens is 2. The van der Waals surface area contributed by atoms with E-state index in [0.29, 0.717) is 5.56 Å². The lowest BCUT2D eigenvalue weighted by molar-refractivity contribution is 0.221. The van der Waals surface area contributed by atoms with Crippen molar-refractivity contribution in [1.82, 2.24) is 5.32 Å². The molecule has 0 bridgehead atoms. The molecule has 0 radical (unpaired) electrons. The Bertz CT molecular complexity index is 494. The van der Waals surface area contributed by atoms with E-state index in [4.69, 9.17) is 11.6 Å². The highest BCUT2D eigenvalue weighted by molar-refractivity contribution is 7.17. The van der Waals surface area contributed by atoms with Crippen molar-refractivity contribution >= 4 is 33.0 Å². The van der Waals surface area contributed by atoms with Crippen LogP contribution in [-0.2, 0) is 5.13 Å². The summed E-state index contributed by atoms with van der Waals surface area (Å²) in [6, 6.07) is 7.01. The van der Waals surface area contributed by atoms with E-state index in [1.165, 1.54) is 0 Å². The lowest BCUT2D eigenvalue weighted by Crippen LogP contribution is -2.37. The van der Waals surface area contributed by atoms with Gasteiger partial charge in [0.2, 0.25) is 5.13 Å². The Hall–Kier alpha value is -0.640. The zero-order valence-electron chi connectivity index (χ0n) is 9.13. The maximum Gasteiger partial charge on any atom is 0.223 e. The molecular weight excluding hydrogens is 245 g/mol. The van der Waals surface area contributed by atoms with Crippen LogP contribution in [0.2, 0.25) is 0 Å². The molecule has 0 aliphatic rings. The molecule has 1 aromatic carbocycles. The minimum absolute atomic E-state index is 0.440. The highest BCUT2D eigenvalue weighted by atomic mass is 35.5. The summed E-state index contributed by atoms with van der Waals surface area (Å²) in [5, 5.41) is 4.00. The molecule has 4 heteroatoms. The lowest BCUT2D eigenvalue weighted by Gasteiger charge is -2.25. The summed E-state index contributed by atoms with van der Waals surface area (Å²) in [4.78, 5) is 0. The summed E-state index contributed by atoms with van der Waals surface area (Å²) < 4.78 is 15.5. The fourth-order valence-electron chi connectivity index (χ4n) is 1.61. The first-order valence-electron chi connectivity index (χ1n) is 5.08. The average molecular weight is 258 g/mol. The number of thiophene rings is 1. The number of nitrogens with one attached hydrogen (secondary N) is 1. The first-order chi connectivity index (χ1) is 7.55. The fraction of sp³-hybridized carbons (Fsp3) is 0.333. The van der Waals surface area contributed by atoms with Crippen molar-refractivity contribution in [1.29, 1.82) is 0 Å². The quantitative estimate of drug-likeness (QED) is 0.823. The minimum atomic E-state index is -1.87. The van der Waals surface area contributed by atoms with Gasteiger partial charge in [-0.1, -0.05) is 17.7 Å². The Labute approximate surface area is 103 Å². The third-order valence-electron chi connectivity index (χ3n) is 2.81. The highest BCUT2D eigenvalue weighted by Crippen LogP contribution is 2.36. The first-order valence-corrected chi connectivity index (χ1v) is 6.34. The standard InChI is InChI=1S/C12H13ClFNS/c1-8(15-2)12(13,14)10-3-4-11-9(7-10)5-6-16-11/h3-8,15H,1-2H3. The van der Waals surface area contributed by atoms with Gasteiger partial charge >= 0.3 is 0 Å². The van der Waals surface area contributed by atoms with E-state index < -0.39 is 11.2 Å².